The van der Waals surface area contributed by atoms with E-state index >= 15 is 0 Å². The molecule has 1 atom stereocenters. The zero-order valence-corrected chi connectivity index (χ0v) is 14.3. The smallest absolute Gasteiger partial charge is 0.227 e. The third-order valence-electron chi connectivity index (χ3n) is 4.53. The molecule has 1 aliphatic heterocycles. The van der Waals surface area contributed by atoms with Crippen molar-refractivity contribution >= 4 is 5.91 Å². The zero-order chi connectivity index (χ0) is 17.3. The van der Waals surface area contributed by atoms with Crippen LogP contribution in [0.15, 0.2) is 24.3 Å². The molecule has 6 heteroatoms. The maximum Gasteiger partial charge on any atom is 0.227 e. The number of aryl methyl sites for hydroxylation is 1. The second-order valence-electron chi connectivity index (χ2n) is 6.23. The Morgan fingerprint density at radius 1 is 1.33 bits per heavy atom. The number of halogens is 1. The number of amides is 1. The van der Waals surface area contributed by atoms with Crippen molar-refractivity contribution in [2.45, 2.75) is 33.2 Å². The van der Waals surface area contributed by atoms with Gasteiger partial charge in [0.15, 0.2) is 0 Å². The van der Waals surface area contributed by atoms with Gasteiger partial charge in [-0.15, -0.1) is 0 Å². The molecule has 24 heavy (non-hydrogen) atoms. The second-order valence-corrected chi connectivity index (χ2v) is 6.23. The van der Waals surface area contributed by atoms with Gasteiger partial charge in [0.2, 0.25) is 5.91 Å². The van der Waals surface area contributed by atoms with E-state index in [1.165, 1.54) is 12.1 Å². The Balaban J connectivity index is 1.84. The van der Waals surface area contributed by atoms with Gasteiger partial charge in [0.25, 0.3) is 0 Å². The van der Waals surface area contributed by atoms with Crippen LogP contribution in [0.25, 0.3) is 5.69 Å². The number of aromatic nitrogens is 2. The lowest BCUT2D eigenvalue weighted by Crippen LogP contribution is -2.47. The molecule has 128 valence electrons. The van der Waals surface area contributed by atoms with Crippen LogP contribution in [0.5, 0.6) is 0 Å². The van der Waals surface area contributed by atoms with E-state index in [9.17, 15) is 9.18 Å². The number of nitrogens with zero attached hydrogens (tertiary/aromatic N) is 3. The fourth-order valence-electron chi connectivity index (χ4n) is 3.11. The third kappa shape index (κ3) is 3.19. The summed E-state index contributed by atoms with van der Waals surface area (Å²) in [5.41, 5.74) is 3.46. The van der Waals surface area contributed by atoms with E-state index in [1.807, 2.05) is 25.7 Å². The summed E-state index contributed by atoms with van der Waals surface area (Å²) in [6.45, 7) is 7.64. The van der Waals surface area contributed by atoms with E-state index in [0.29, 0.717) is 26.2 Å². The summed E-state index contributed by atoms with van der Waals surface area (Å²) >= 11 is 0. The van der Waals surface area contributed by atoms with E-state index in [1.54, 1.807) is 16.8 Å². The predicted octanol–water partition coefficient (Wildman–Crippen LogP) is 2.42. The normalized spacial score (nSPS) is 18.0. The Kier molecular flexibility index (Phi) is 4.66. The van der Waals surface area contributed by atoms with Crippen LogP contribution in [0.1, 0.15) is 23.9 Å². The van der Waals surface area contributed by atoms with E-state index in [2.05, 4.69) is 5.10 Å². The molecule has 0 radical (unpaired) electrons. The van der Waals surface area contributed by atoms with Gasteiger partial charge >= 0.3 is 0 Å². The minimum Gasteiger partial charge on any atom is -0.377 e. The van der Waals surface area contributed by atoms with Crippen molar-refractivity contribution in [1.82, 2.24) is 14.7 Å². The van der Waals surface area contributed by atoms with Crippen molar-refractivity contribution < 1.29 is 13.9 Å². The van der Waals surface area contributed by atoms with Gasteiger partial charge < -0.3 is 9.64 Å². The highest BCUT2D eigenvalue weighted by Crippen LogP contribution is 2.20. The monoisotopic (exact) mass is 331 g/mol. The van der Waals surface area contributed by atoms with Gasteiger partial charge in [0.1, 0.15) is 5.82 Å². The quantitative estimate of drug-likeness (QED) is 0.868. The highest BCUT2D eigenvalue weighted by atomic mass is 19.1. The zero-order valence-electron chi connectivity index (χ0n) is 14.3. The number of benzene rings is 1. The molecule has 1 aliphatic rings. The molecule has 2 heterocycles. The molecular weight excluding hydrogens is 309 g/mol. The summed E-state index contributed by atoms with van der Waals surface area (Å²) in [6, 6.07) is 6.28. The summed E-state index contributed by atoms with van der Waals surface area (Å²) in [5.74, 6) is -0.187. The Bertz CT molecular complexity index is 739. The van der Waals surface area contributed by atoms with Crippen molar-refractivity contribution in [3.05, 3.63) is 47.0 Å². The minimum absolute atomic E-state index is 0.0932. The van der Waals surface area contributed by atoms with Gasteiger partial charge in [-0.2, -0.15) is 5.10 Å². The van der Waals surface area contributed by atoms with Crippen LogP contribution >= 0.6 is 0 Å². The lowest BCUT2D eigenvalue weighted by Gasteiger charge is -2.33. The van der Waals surface area contributed by atoms with Crippen molar-refractivity contribution in [3.63, 3.8) is 0 Å². The van der Waals surface area contributed by atoms with Crippen LogP contribution in [-0.4, -0.2) is 46.4 Å². The first-order chi connectivity index (χ1) is 11.5. The second kappa shape index (κ2) is 6.73. The molecular formula is C18H22FN3O2. The summed E-state index contributed by atoms with van der Waals surface area (Å²) in [4.78, 5) is 14.5. The van der Waals surface area contributed by atoms with Crippen LogP contribution in [0.2, 0.25) is 0 Å². The molecule has 0 spiro atoms. The molecule has 0 bridgehead atoms. The Morgan fingerprint density at radius 3 is 2.71 bits per heavy atom. The van der Waals surface area contributed by atoms with Crippen molar-refractivity contribution in [3.8, 4) is 5.69 Å². The number of hydrogen-bond donors (Lipinski definition) is 0. The standard InChI is InChI=1S/C18H22FN3O2/c1-12-11-24-9-8-21(12)18(23)10-17-13(2)20-22(14(17)3)16-6-4-15(19)5-7-16/h4-7,12H,8-11H2,1-3H3/t12-/m0/s1. The average molecular weight is 331 g/mol. The van der Waals surface area contributed by atoms with Crippen LogP contribution < -0.4 is 0 Å². The van der Waals surface area contributed by atoms with Crippen molar-refractivity contribution in [2.75, 3.05) is 19.8 Å². The first-order valence-corrected chi connectivity index (χ1v) is 8.15. The van der Waals surface area contributed by atoms with E-state index in [0.717, 1.165) is 22.6 Å². The molecule has 1 fully saturated rings. The molecule has 1 aromatic carbocycles. The van der Waals surface area contributed by atoms with Gasteiger partial charge in [-0.3, -0.25) is 4.79 Å². The maximum atomic E-state index is 13.1. The van der Waals surface area contributed by atoms with Crippen molar-refractivity contribution in [1.29, 1.82) is 0 Å². The van der Waals surface area contributed by atoms with Gasteiger partial charge in [-0.05, 0) is 45.0 Å². The molecule has 5 nitrogen and oxygen atoms in total. The van der Waals surface area contributed by atoms with Crippen LogP contribution in [0.4, 0.5) is 4.39 Å². The fourth-order valence-corrected chi connectivity index (χ4v) is 3.11. The van der Waals surface area contributed by atoms with Gasteiger partial charge in [-0.1, -0.05) is 0 Å². The molecule has 2 aromatic rings. The fraction of sp³-hybridized carbons (Fsp3) is 0.444. The number of rotatable bonds is 3. The molecule has 0 aliphatic carbocycles. The van der Waals surface area contributed by atoms with Crippen LogP contribution in [0, 0.1) is 19.7 Å². The molecule has 0 saturated carbocycles. The Hall–Kier alpha value is -2.21. The summed E-state index contributed by atoms with van der Waals surface area (Å²) < 4.78 is 20.3. The summed E-state index contributed by atoms with van der Waals surface area (Å²) in [6.07, 6.45) is 0.323. The number of ether oxygens (including phenoxy) is 1. The lowest BCUT2D eigenvalue weighted by atomic mass is 10.1. The third-order valence-corrected chi connectivity index (χ3v) is 4.53. The van der Waals surface area contributed by atoms with Gasteiger partial charge in [0, 0.05) is 17.8 Å². The predicted molar refractivity (Wildman–Crippen MR) is 88.7 cm³/mol. The molecule has 1 aromatic heterocycles. The molecule has 1 amide bonds. The topological polar surface area (TPSA) is 47.4 Å². The maximum absolute atomic E-state index is 13.1. The van der Waals surface area contributed by atoms with Crippen LogP contribution in [0.3, 0.4) is 0 Å². The minimum atomic E-state index is -0.281. The molecule has 1 saturated heterocycles. The SMILES string of the molecule is Cc1nn(-c2ccc(F)cc2)c(C)c1CC(=O)N1CCOC[C@@H]1C. The highest BCUT2D eigenvalue weighted by Gasteiger charge is 2.25. The Labute approximate surface area is 141 Å². The van der Waals surface area contributed by atoms with Crippen LogP contribution in [-0.2, 0) is 16.0 Å². The number of carbonyl (C=O) groups excluding carboxylic acids is 1. The Morgan fingerprint density at radius 2 is 2.04 bits per heavy atom. The number of morpholine rings is 1. The molecule has 3 rings (SSSR count). The largest absolute Gasteiger partial charge is 0.377 e. The number of carbonyl (C=O) groups is 1. The van der Waals surface area contributed by atoms with E-state index in [-0.39, 0.29) is 17.8 Å². The van der Waals surface area contributed by atoms with E-state index < -0.39 is 0 Å². The summed E-state index contributed by atoms with van der Waals surface area (Å²) in [5, 5.41) is 4.53. The summed E-state index contributed by atoms with van der Waals surface area (Å²) in [7, 11) is 0. The van der Waals surface area contributed by atoms with Gasteiger partial charge in [0.05, 0.1) is 37.1 Å². The molecule has 0 unspecified atom stereocenters. The average Bonchev–Trinajstić information content (AvgIpc) is 2.84. The molecule has 0 N–H and O–H groups in total. The van der Waals surface area contributed by atoms with Crippen molar-refractivity contribution in [2.24, 2.45) is 0 Å². The van der Waals surface area contributed by atoms with E-state index in [4.69, 9.17) is 4.74 Å². The highest BCUT2D eigenvalue weighted by molar-refractivity contribution is 5.79. The lowest BCUT2D eigenvalue weighted by molar-refractivity contribution is -0.138. The van der Waals surface area contributed by atoms with Gasteiger partial charge in [-0.25, -0.2) is 9.07 Å². The first kappa shape index (κ1) is 16.6. The first-order valence-electron chi connectivity index (χ1n) is 8.15. The number of hydrogen-bond acceptors (Lipinski definition) is 3.